The lowest BCUT2D eigenvalue weighted by Crippen LogP contribution is -2.22. The fourth-order valence-corrected chi connectivity index (χ4v) is 4.43. The summed E-state index contributed by atoms with van der Waals surface area (Å²) in [6.45, 7) is 0. The van der Waals surface area contributed by atoms with E-state index in [2.05, 4.69) is 4.98 Å². The van der Waals surface area contributed by atoms with Gasteiger partial charge in [-0.2, -0.15) is 10.5 Å². The number of Topliss-reactive ketones (excluding diaryl/α,β-unsaturated/α-hetero) is 1. The molecule has 0 aliphatic carbocycles. The van der Waals surface area contributed by atoms with Gasteiger partial charge in [0.05, 0.1) is 28.3 Å². The number of hydrogen-bond donors (Lipinski definition) is 0. The van der Waals surface area contributed by atoms with Gasteiger partial charge in [-0.3, -0.25) is 4.79 Å². The van der Waals surface area contributed by atoms with Gasteiger partial charge in [0, 0.05) is 30.6 Å². The van der Waals surface area contributed by atoms with Crippen LogP contribution >= 0.6 is 11.3 Å². The molecule has 0 spiro atoms. The van der Waals surface area contributed by atoms with Crippen molar-refractivity contribution in [2.24, 2.45) is 0 Å². The van der Waals surface area contributed by atoms with Crippen LogP contribution in [0.3, 0.4) is 0 Å². The largest absolute Gasteiger partial charge is 0.292 e. The summed E-state index contributed by atoms with van der Waals surface area (Å²) in [5, 5.41) is 20.6. The SMILES string of the molecule is CN(C)S(=O)(=O)c1ccc(C(=O)C(C#N)c2nc(-c3ccc(C#N)cc3)cs2)cc1. The number of sulfonamides is 1. The van der Waals surface area contributed by atoms with Crippen LogP contribution in [0, 0.1) is 22.7 Å². The Hall–Kier alpha value is -3.37. The van der Waals surface area contributed by atoms with E-state index >= 15 is 0 Å². The predicted molar refractivity (Wildman–Crippen MR) is 112 cm³/mol. The van der Waals surface area contributed by atoms with Crippen molar-refractivity contribution in [2.45, 2.75) is 10.8 Å². The molecule has 9 heteroatoms. The van der Waals surface area contributed by atoms with E-state index in [4.69, 9.17) is 5.26 Å². The maximum Gasteiger partial charge on any atom is 0.242 e. The van der Waals surface area contributed by atoms with Gasteiger partial charge in [0.1, 0.15) is 5.01 Å². The molecule has 0 fully saturated rings. The Labute approximate surface area is 178 Å². The first-order valence-electron chi connectivity index (χ1n) is 8.70. The van der Waals surface area contributed by atoms with Crippen LogP contribution in [0.5, 0.6) is 0 Å². The number of carbonyl (C=O) groups is 1. The van der Waals surface area contributed by atoms with Crippen LogP contribution in [0.1, 0.15) is 26.8 Å². The zero-order chi connectivity index (χ0) is 21.9. The van der Waals surface area contributed by atoms with Crippen molar-refractivity contribution < 1.29 is 13.2 Å². The summed E-state index contributed by atoms with van der Waals surface area (Å²) >= 11 is 1.20. The third kappa shape index (κ3) is 4.14. The van der Waals surface area contributed by atoms with Crippen LogP contribution in [0.4, 0.5) is 0 Å². The minimum Gasteiger partial charge on any atom is -0.292 e. The van der Waals surface area contributed by atoms with E-state index in [9.17, 15) is 18.5 Å². The molecule has 1 atom stereocenters. The second-order valence-corrected chi connectivity index (χ2v) is 9.54. The number of nitrogens with zero attached hydrogens (tertiary/aromatic N) is 4. The summed E-state index contributed by atoms with van der Waals surface area (Å²) in [6, 6.07) is 16.4. The normalized spacial score (nSPS) is 12.2. The number of nitriles is 2. The number of benzene rings is 2. The third-order valence-electron chi connectivity index (χ3n) is 4.39. The van der Waals surface area contributed by atoms with Gasteiger partial charge in [0.2, 0.25) is 10.0 Å². The van der Waals surface area contributed by atoms with E-state index in [1.165, 1.54) is 49.7 Å². The summed E-state index contributed by atoms with van der Waals surface area (Å²) in [5.74, 6) is -1.55. The average Bonchev–Trinajstić information content (AvgIpc) is 3.24. The first kappa shape index (κ1) is 21.3. The highest BCUT2D eigenvalue weighted by Gasteiger charge is 2.26. The molecule has 0 aliphatic rings. The van der Waals surface area contributed by atoms with Crippen molar-refractivity contribution in [1.82, 2.24) is 9.29 Å². The summed E-state index contributed by atoms with van der Waals surface area (Å²) < 4.78 is 25.4. The molecule has 0 bridgehead atoms. The Bertz CT molecular complexity index is 1260. The molecule has 150 valence electrons. The second-order valence-electron chi connectivity index (χ2n) is 6.50. The predicted octanol–water partition coefficient (Wildman–Crippen LogP) is 3.42. The van der Waals surface area contributed by atoms with Crippen LogP contribution in [0.2, 0.25) is 0 Å². The van der Waals surface area contributed by atoms with Crippen LogP contribution in [0.15, 0.2) is 58.8 Å². The lowest BCUT2D eigenvalue weighted by Gasteiger charge is -2.12. The molecule has 7 nitrogen and oxygen atoms in total. The van der Waals surface area contributed by atoms with Crippen LogP contribution in [-0.2, 0) is 10.0 Å². The minimum absolute atomic E-state index is 0.0647. The zero-order valence-electron chi connectivity index (χ0n) is 16.1. The van der Waals surface area contributed by atoms with Gasteiger partial charge in [-0.1, -0.05) is 24.3 Å². The maximum atomic E-state index is 12.8. The van der Waals surface area contributed by atoms with Crippen molar-refractivity contribution in [3.05, 3.63) is 70.0 Å². The Kier molecular flexibility index (Phi) is 6.09. The molecule has 3 rings (SSSR count). The molecule has 0 N–H and O–H groups in total. The number of thiazole rings is 1. The fourth-order valence-electron chi connectivity index (χ4n) is 2.66. The summed E-state index contributed by atoms with van der Waals surface area (Å²) in [7, 11) is -0.754. The van der Waals surface area contributed by atoms with Crippen LogP contribution < -0.4 is 0 Å². The van der Waals surface area contributed by atoms with Crippen LogP contribution in [-0.4, -0.2) is 37.6 Å². The molecule has 2 aromatic carbocycles. The van der Waals surface area contributed by atoms with Gasteiger partial charge >= 0.3 is 0 Å². The van der Waals surface area contributed by atoms with E-state index in [0.29, 0.717) is 16.3 Å². The van der Waals surface area contributed by atoms with Gasteiger partial charge in [-0.15, -0.1) is 11.3 Å². The first-order valence-corrected chi connectivity index (χ1v) is 11.0. The number of aromatic nitrogens is 1. The molecular weight excluding hydrogens is 420 g/mol. The van der Waals surface area contributed by atoms with E-state index in [-0.39, 0.29) is 10.5 Å². The van der Waals surface area contributed by atoms with E-state index in [0.717, 1.165) is 9.87 Å². The number of carbonyl (C=O) groups excluding carboxylic acids is 1. The zero-order valence-corrected chi connectivity index (χ0v) is 17.7. The molecule has 0 amide bonds. The van der Waals surface area contributed by atoms with Gasteiger partial charge in [0.25, 0.3) is 0 Å². The van der Waals surface area contributed by atoms with Crippen molar-refractivity contribution in [1.29, 1.82) is 10.5 Å². The Morgan fingerprint density at radius 2 is 1.70 bits per heavy atom. The number of rotatable bonds is 6. The van der Waals surface area contributed by atoms with E-state index < -0.39 is 21.7 Å². The molecule has 1 aromatic heterocycles. The number of ketones is 1. The van der Waals surface area contributed by atoms with Gasteiger partial charge in [0.15, 0.2) is 11.7 Å². The second kappa shape index (κ2) is 8.56. The molecule has 30 heavy (non-hydrogen) atoms. The lowest BCUT2D eigenvalue weighted by atomic mass is 9.99. The van der Waals surface area contributed by atoms with Crippen molar-refractivity contribution in [3.63, 3.8) is 0 Å². The Balaban J connectivity index is 1.86. The van der Waals surface area contributed by atoms with Crippen molar-refractivity contribution >= 4 is 27.1 Å². The van der Waals surface area contributed by atoms with E-state index in [1.54, 1.807) is 29.6 Å². The highest BCUT2D eigenvalue weighted by atomic mass is 32.2. The summed E-state index contributed by atoms with van der Waals surface area (Å²) in [6.07, 6.45) is 0. The Morgan fingerprint density at radius 3 is 2.23 bits per heavy atom. The molecule has 0 saturated heterocycles. The van der Waals surface area contributed by atoms with Gasteiger partial charge in [-0.25, -0.2) is 17.7 Å². The monoisotopic (exact) mass is 436 g/mol. The third-order valence-corrected chi connectivity index (χ3v) is 7.13. The molecule has 0 radical (unpaired) electrons. The quantitative estimate of drug-likeness (QED) is 0.547. The van der Waals surface area contributed by atoms with Gasteiger partial charge in [-0.05, 0) is 24.3 Å². The highest BCUT2D eigenvalue weighted by Crippen LogP contribution is 2.29. The molecule has 1 unspecified atom stereocenters. The van der Waals surface area contributed by atoms with Gasteiger partial charge < -0.3 is 0 Å². The molecule has 3 aromatic rings. The first-order chi connectivity index (χ1) is 14.3. The van der Waals surface area contributed by atoms with Crippen molar-refractivity contribution in [3.8, 4) is 23.4 Å². The topological polar surface area (TPSA) is 115 Å². The van der Waals surface area contributed by atoms with E-state index in [1.807, 2.05) is 12.1 Å². The molecule has 0 saturated carbocycles. The molecule has 0 aliphatic heterocycles. The number of hydrogen-bond acceptors (Lipinski definition) is 7. The van der Waals surface area contributed by atoms with Crippen LogP contribution in [0.25, 0.3) is 11.3 Å². The molecule has 1 heterocycles. The highest BCUT2D eigenvalue weighted by molar-refractivity contribution is 7.89. The maximum absolute atomic E-state index is 12.8. The fraction of sp³-hybridized carbons (Fsp3) is 0.143. The lowest BCUT2D eigenvalue weighted by molar-refractivity contribution is 0.0978. The average molecular weight is 437 g/mol. The molecular formula is C21H16N4O3S2. The smallest absolute Gasteiger partial charge is 0.242 e. The van der Waals surface area contributed by atoms with Crippen molar-refractivity contribution in [2.75, 3.05) is 14.1 Å². The Morgan fingerprint density at radius 1 is 1.07 bits per heavy atom. The summed E-state index contributed by atoms with van der Waals surface area (Å²) in [4.78, 5) is 17.3. The standard InChI is InChI=1S/C21H16N4O3S2/c1-25(2)30(27,28)17-9-7-16(8-10-17)20(26)18(12-23)21-24-19(13-29-21)15-5-3-14(11-22)4-6-15/h3-10,13,18H,1-2H3. The summed E-state index contributed by atoms with van der Waals surface area (Å²) in [5.41, 5.74) is 2.15. The minimum atomic E-state index is -3.60.